The largest absolute Gasteiger partial charge is 0.476 e. The van der Waals surface area contributed by atoms with Crippen LogP contribution in [0.25, 0.3) is 0 Å². The fourth-order valence-electron chi connectivity index (χ4n) is 3.54. The number of carbonyl (C=O) groups is 2. The van der Waals surface area contributed by atoms with Crippen molar-refractivity contribution in [1.82, 2.24) is 15.2 Å². The molecule has 2 fully saturated rings. The van der Waals surface area contributed by atoms with E-state index in [4.69, 9.17) is 9.47 Å². The Balaban J connectivity index is 1.55. The van der Waals surface area contributed by atoms with Gasteiger partial charge in [0.2, 0.25) is 11.8 Å². The molecule has 166 valence electrons. The van der Waals surface area contributed by atoms with Gasteiger partial charge in [-0.05, 0) is 65.4 Å². The van der Waals surface area contributed by atoms with E-state index in [2.05, 4.69) is 16.4 Å². The fourth-order valence-corrected chi connectivity index (χ4v) is 3.54. The molecule has 1 saturated heterocycles. The smallest absolute Gasteiger partial charge is 0.410 e. The summed E-state index contributed by atoms with van der Waals surface area (Å²) in [5.74, 6) is 1.22. The molecule has 30 heavy (non-hydrogen) atoms. The minimum Gasteiger partial charge on any atom is -0.476 e. The zero-order chi connectivity index (χ0) is 22.1. The van der Waals surface area contributed by atoms with Crippen molar-refractivity contribution in [2.75, 3.05) is 19.7 Å². The van der Waals surface area contributed by atoms with Gasteiger partial charge in [-0.1, -0.05) is 13.0 Å². The number of amides is 2. The first-order valence-corrected chi connectivity index (χ1v) is 10.8. The molecule has 2 heterocycles. The van der Waals surface area contributed by atoms with Crippen molar-refractivity contribution in [2.24, 2.45) is 11.3 Å². The summed E-state index contributed by atoms with van der Waals surface area (Å²) in [6.45, 7) is 12.6. The van der Waals surface area contributed by atoms with Crippen LogP contribution in [0.3, 0.4) is 0 Å². The van der Waals surface area contributed by atoms with E-state index in [1.165, 1.54) is 12.8 Å². The first-order chi connectivity index (χ1) is 14.0. The van der Waals surface area contributed by atoms with Gasteiger partial charge in [0.05, 0.1) is 11.5 Å². The second kappa shape index (κ2) is 8.44. The quantitative estimate of drug-likeness (QED) is 0.763. The molecule has 2 atom stereocenters. The number of aromatic nitrogens is 1. The molecule has 0 bridgehead atoms. The third-order valence-corrected chi connectivity index (χ3v) is 5.58. The molecule has 1 aromatic rings. The normalized spacial score (nSPS) is 22.0. The number of carbonyl (C=O) groups excluding carboxylic acids is 2. The molecular formula is C23H35N3O4. The molecule has 0 radical (unpaired) electrons. The summed E-state index contributed by atoms with van der Waals surface area (Å²) < 4.78 is 11.4. The minimum absolute atomic E-state index is 0.0886. The summed E-state index contributed by atoms with van der Waals surface area (Å²) in [4.78, 5) is 31.4. The standard InChI is InChI=1S/C23H35N3O4/c1-15-12-26(21(28)30-22(2,3)4)13-18(15)25-20(27)23(5,6)14-29-19-17(16-9-10-16)8-7-11-24-19/h7-8,11,15-16,18H,9-10,12-14H2,1-6H3,(H,25,27)/t15-,18-/m1/s1. The van der Waals surface area contributed by atoms with Crippen molar-refractivity contribution in [3.8, 4) is 5.88 Å². The number of nitrogens with zero attached hydrogens (tertiary/aromatic N) is 2. The lowest BCUT2D eigenvalue weighted by atomic mass is 9.92. The Morgan fingerprint density at radius 1 is 1.20 bits per heavy atom. The Kier molecular flexibility index (Phi) is 6.29. The van der Waals surface area contributed by atoms with Gasteiger partial charge < -0.3 is 19.7 Å². The Morgan fingerprint density at radius 3 is 2.53 bits per heavy atom. The van der Waals surface area contributed by atoms with Gasteiger partial charge in [-0.2, -0.15) is 0 Å². The van der Waals surface area contributed by atoms with Crippen LogP contribution in [0.2, 0.25) is 0 Å². The van der Waals surface area contributed by atoms with Crippen LogP contribution in [0.4, 0.5) is 4.79 Å². The molecule has 2 amide bonds. The van der Waals surface area contributed by atoms with Crippen LogP contribution in [-0.2, 0) is 9.53 Å². The Hall–Kier alpha value is -2.31. The summed E-state index contributed by atoms with van der Waals surface area (Å²) in [7, 11) is 0. The average Bonchev–Trinajstić information content (AvgIpc) is 3.43. The molecule has 1 aliphatic heterocycles. The van der Waals surface area contributed by atoms with Crippen molar-refractivity contribution in [3.05, 3.63) is 23.9 Å². The van der Waals surface area contributed by atoms with E-state index in [0.29, 0.717) is 24.9 Å². The summed E-state index contributed by atoms with van der Waals surface area (Å²) in [6.07, 6.45) is 3.72. The van der Waals surface area contributed by atoms with E-state index >= 15 is 0 Å². The van der Waals surface area contributed by atoms with Crippen LogP contribution in [0.5, 0.6) is 5.88 Å². The van der Waals surface area contributed by atoms with Crippen molar-refractivity contribution < 1.29 is 19.1 Å². The molecule has 1 aliphatic carbocycles. The van der Waals surface area contributed by atoms with Crippen molar-refractivity contribution in [2.45, 2.75) is 71.9 Å². The monoisotopic (exact) mass is 417 g/mol. The number of nitrogens with one attached hydrogen (secondary N) is 1. The molecule has 0 spiro atoms. The van der Waals surface area contributed by atoms with Crippen LogP contribution < -0.4 is 10.1 Å². The van der Waals surface area contributed by atoms with E-state index in [1.54, 1.807) is 11.1 Å². The second-order valence-electron chi connectivity index (χ2n) is 10.3. The number of ether oxygens (including phenoxy) is 2. The van der Waals surface area contributed by atoms with Gasteiger partial charge in [0, 0.05) is 24.8 Å². The van der Waals surface area contributed by atoms with Gasteiger partial charge in [0.25, 0.3) is 0 Å². The van der Waals surface area contributed by atoms with E-state index < -0.39 is 11.0 Å². The maximum Gasteiger partial charge on any atom is 0.410 e. The molecule has 7 heteroatoms. The van der Waals surface area contributed by atoms with Crippen molar-refractivity contribution >= 4 is 12.0 Å². The van der Waals surface area contributed by atoms with Crippen molar-refractivity contribution in [3.63, 3.8) is 0 Å². The van der Waals surface area contributed by atoms with Crippen LogP contribution in [-0.4, -0.2) is 53.2 Å². The van der Waals surface area contributed by atoms with Gasteiger partial charge in [0.1, 0.15) is 12.2 Å². The average molecular weight is 418 g/mol. The molecule has 1 aromatic heterocycles. The first-order valence-electron chi connectivity index (χ1n) is 10.8. The molecule has 3 rings (SSSR count). The maximum absolute atomic E-state index is 13.0. The zero-order valence-corrected chi connectivity index (χ0v) is 19.0. The van der Waals surface area contributed by atoms with E-state index in [1.807, 2.05) is 47.6 Å². The third kappa shape index (κ3) is 5.64. The summed E-state index contributed by atoms with van der Waals surface area (Å²) in [5.41, 5.74) is -0.130. The Morgan fingerprint density at radius 2 is 1.90 bits per heavy atom. The SMILES string of the molecule is C[C@@H]1CN(C(=O)OC(C)(C)C)C[C@H]1NC(=O)C(C)(C)COc1ncccc1C1CC1. The molecule has 1 N–H and O–H groups in total. The van der Waals surface area contributed by atoms with E-state index in [-0.39, 0.29) is 30.6 Å². The predicted molar refractivity (Wildman–Crippen MR) is 114 cm³/mol. The molecule has 1 saturated carbocycles. The number of hydrogen-bond donors (Lipinski definition) is 1. The molecule has 0 aromatic carbocycles. The van der Waals surface area contributed by atoms with Gasteiger partial charge in [-0.15, -0.1) is 0 Å². The van der Waals surface area contributed by atoms with E-state index in [0.717, 1.165) is 5.56 Å². The summed E-state index contributed by atoms with van der Waals surface area (Å²) in [6, 6.07) is 3.87. The highest BCUT2D eigenvalue weighted by Gasteiger charge is 2.38. The number of hydrogen-bond acceptors (Lipinski definition) is 5. The second-order valence-corrected chi connectivity index (χ2v) is 10.3. The lowest BCUT2D eigenvalue weighted by Gasteiger charge is -2.27. The van der Waals surface area contributed by atoms with Gasteiger partial charge in [-0.25, -0.2) is 9.78 Å². The molecule has 7 nitrogen and oxygen atoms in total. The van der Waals surface area contributed by atoms with Crippen LogP contribution >= 0.6 is 0 Å². The fraction of sp³-hybridized carbons (Fsp3) is 0.696. The first kappa shape index (κ1) is 22.4. The molecule has 2 aliphatic rings. The summed E-state index contributed by atoms with van der Waals surface area (Å²) in [5, 5.41) is 3.11. The zero-order valence-electron chi connectivity index (χ0n) is 19.0. The van der Waals surface area contributed by atoms with E-state index in [9.17, 15) is 9.59 Å². The number of rotatable bonds is 6. The maximum atomic E-state index is 13.0. The highest BCUT2D eigenvalue weighted by molar-refractivity contribution is 5.82. The Bertz CT molecular complexity index is 783. The predicted octanol–water partition coefficient (Wildman–Crippen LogP) is 3.74. The summed E-state index contributed by atoms with van der Waals surface area (Å²) >= 11 is 0. The van der Waals surface area contributed by atoms with Crippen LogP contribution in [0.15, 0.2) is 18.3 Å². The highest BCUT2D eigenvalue weighted by Crippen LogP contribution is 2.43. The lowest BCUT2D eigenvalue weighted by molar-refractivity contribution is -0.131. The molecule has 0 unspecified atom stereocenters. The van der Waals surface area contributed by atoms with Crippen LogP contribution in [0, 0.1) is 11.3 Å². The van der Waals surface area contributed by atoms with Gasteiger partial charge in [-0.3, -0.25) is 4.79 Å². The molecular weight excluding hydrogens is 382 g/mol. The third-order valence-electron chi connectivity index (χ3n) is 5.58. The lowest BCUT2D eigenvalue weighted by Crippen LogP contribution is -2.48. The van der Waals surface area contributed by atoms with Gasteiger partial charge in [0.15, 0.2) is 0 Å². The number of pyridine rings is 1. The topological polar surface area (TPSA) is 80.8 Å². The number of likely N-dealkylation sites (tertiary alicyclic amines) is 1. The highest BCUT2D eigenvalue weighted by atomic mass is 16.6. The Labute approximate surface area is 179 Å². The van der Waals surface area contributed by atoms with Gasteiger partial charge >= 0.3 is 6.09 Å². The minimum atomic E-state index is -0.725. The van der Waals surface area contributed by atoms with Crippen LogP contribution in [0.1, 0.15) is 65.9 Å². The van der Waals surface area contributed by atoms with Crippen molar-refractivity contribution in [1.29, 1.82) is 0 Å².